The lowest BCUT2D eigenvalue weighted by molar-refractivity contribution is -0.123. The van der Waals surface area contributed by atoms with Crippen molar-refractivity contribution in [2.45, 2.75) is 20.8 Å². The molecule has 0 bridgehead atoms. The van der Waals surface area contributed by atoms with Crippen molar-refractivity contribution in [3.8, 4) is 11.5 Å². The van der Waals surface area contributed by atoms with Gasteiger partial charge in [-0.3, -0.25) is 20.4 Å². The summed E-state index contributed by atoms with van der Waals surface area (Å²) in [5.41, 5.74) is 6.01. The molecule has 0 aliphatic heterocycles. The first-order valence-corrected chi connectivity index (χ1v) is 9.35. The first kappa shape index (κ1) is 20.8. The molecule has 0 heterocycles. The normalized spacial score (nSPS) is 10.4. The molecular weight excluding hydrogens is 412 g/mol. The van der Waals surface area contributed by atoms with Crippen LogP contribution in [0.4, 0.5) is 0 Å². The second-order valence-corrected chi connectivity index (χ2v) is 7.35. The number of hydrogen-bond donors (Lipinski definition) is 2. The molecule has 2 aromatic rings. The molecule has 0 saturated heterocycles. The van der Waals surface area contributed by atoms with Crippen LogP contribution in [-0.4, -0.2) is 25.0 Å². The molecule has 2 rings (SSSR count). The molecule has 2 aromatic carbocycles. The van der Waals surface area contributed by atoms with Crippen LogP contribution in [-0.2, 0) is 4.79 Å². The summed E-state index contributed by atoms with van der Waals surface area (Å²) in [5, 5.41) is 0. The molecule has 0 fully saturated rings. The van der Waals surface area contributed by atoms with Crippen LogP contribution >= 0.6 is 15.9 Å². The van der Waals surface area contributed by atoms with Crippen molar-refractivity contribution in [3.63, 3.8) is 0 Å². The van der Waals surface area contributed by atoms with Gasteiger partial charge in [0.05, 0.1) is 6.61 Å². The highest BCUT2D eigenvalue weighted by molar-refractivity contribution is 9.10. The molecule has 144 valence electrons. The lowest BCUT2D eigenvalue weighted by Gasteiger charge is -2.11. The Hall–Kier alpha value is -2.54. The molecule has 0 saturated carbocycles. The van der Waals surface area contributed by atoms with Crippen LogP contribution in [0.5, 0.6) is 11.5 Å². The van der Waals surface area contributed by atoms with E-state index in [1.807, 2.05) is 19.1 Å². The van der Waals surface area contributed by atoms with Crippen molar-refractivity contribution < 1.29 is 19.1 Å². The molecule has 0 spiro atoms. The summed E-state index contributed by atoms with van der Waals surface area (Å²) in [5.74, 6) is 0.854. The van der Waals surface area contributed by atoms with Crippen LogP contribution in [0.3, 0.4) is 0 Å². The fourth-order valence-corrected chi connectivity index (χ4v) is 2.59. The predicted molar refractivity (Wildman–Crippen MR) is 107 cm³/mol. The van der Waals surface area contributed by atoms with Crippen molar-refractivity contribution >= 4 is 27.7 Å². The van der Waals surface area contributed by atoms with Gasteiger partial charge in [0.25, 0.3) is 11.8 Å². The Morgan fingerprint density at radius 2 is 1.74 bits per heavy atom. The van der Waals surface area contributed by atoms with Gasteiger partial charge in [-0.05, 0) is 60.9 Å². The molecule has 0 aliphatic rings. The van der Waals surface area contributed by atoms with E-state index in [1.54, 1.807) is 30.3 Å². The highest BCUT2D eigenvalue weighted by Gasteiger charge is 2.09. The van der Waals surface area contributed by atoms with Gasteiger partial charge in [0.1, 0.15) is 11.5 Å². The van der Waals surface area contributed by atoms with Gasteiger partial charge in [-0.25, -0.2) is 0 Å². The molecule has 6 nitrogen and oxygen atoms in total. The summed E-state index contributed by atoms with van der Waals surface area (Å²) in [4.78, 5) is 23.9. The van der Waals surface area contributed by atoms with Crippen molar-refractivity contribution in [2.75, 3.05) is 13.2 Å². The van der Waals surface area contributed by atoms with Crippen molar-refractivity contribution in [2.24, 2.45) is 5.92 Å². The van der Waals surface area contributed by atoms with Gasteiger partial charge in [0.15, 0.2) is 6.61 Å². The monoisotopic (exact) mass is 434 g/mol. The first-order chi connectivity index (χ1) is 12.8. The molecule has 2 N–H and O–H groups in total. The predicted octanol–water partition coefficient (Wildman–Crippen LogP) is 3.63. The average Bonchev–Trinajstić information content (AvgIpc) is 2.64. The SMILES string of the molecule is Cc1cc(Br)ccc1OCC(=O)NNC(=O)c1ccc(OCC(C)C)cc1. The molecule has 27 heavy (non-hydrogen) atoms. The van der Waals surface area contributed by atoms with Crippen LogP contribution in [0.15, 0.2) is 46.9 Å². The van der Waals surface area contributed by atoms with Gasteiger partial charge >= 0.3 is 0 Å². The maximum absolute atomic E-state index is 12.1. The van der Waals surface area contributed by atoms with E-state index in [2.05, 4.69) is 40.6 Å². The first-order valence-electron chi connectivity index (χ1n) is 8.56. The summed E-state index contributed by atoms with van der Waals surface area (Å²) < 4.78 is 12.0. The molecule has 0 aromatic heterocycles. The van der Waals surface area contributed by atoms with E-state index in [4.69, 9.17) is 9.47 Å². The summed E-state index contributed by atoms with van der Waals surface area (Å²) in [6, 6.07) is 12.2. The highest BCUT2D eigenvalue weighted by Crippen LogP contribution is 2.21. The standard InChI is InChI=1S/C20H23BrN2O4/c1-13(2)11-26-17-7-4-15(5-8-17)20(25)23-22-19(24)12-27-18-9-6-16(21)10-14(18)3/h4-10,13H,11-12H2,1-3H3,(H,22,24)(H,23,25). The largest absolute Gasteiger partial charge is 0.493 e. The number of hydrazine groups is 1. The van der Waals surface area contributed by atoms with Gasteiger partial charge < -0.3 is 9.47 Å². The van der Waals surface area contributed by atoms with E-state index in [0.717, 1.165) is 10.0 Å². The Labute approximate surface area is 167 Å². The fraction of sp³-hybridized carbons (Fsp3) is 0.300. The number of ether oxygens (including phenoxy) is 2. The number of amides is 2. The van der Waals surface area contributed by atoms with Crippen LogP contribution in [0.1, 0.15) is 29.8 Å². The number of carbonyl (C=O) groups excluding carboxylic acids is 2. The molecule has 0 atom stereocenters. The third-order valence-electron chi connectivity index (χ3n) is 3.51. The van der Waals surface area contributed by atoms with Crippen LogP contribution in [0, 0.1) is 12.8 Å². The number of nitrogens with one attached hydrogen (secondary N) is 2. The number of carbonyl (C=O) groups is 2. The Balaban J connectivity index is 1.78. The summed E-state index contributed by atoms with van der Waals surface area (Å²) in [6.07, 6.45) is 0. The Kier molecular flexibility index (Phi) is 7.67. The van der Waals surface area contributed by atoms with Crippen LogP contribution < -0.4 is 20.3 Å². The Bertz CT molecular complexity index is 791. The minimum Gasteiger partial charge on any atom is -0.493 e. The zero-order chi connectivity index (χ0) is 19.8. The van der Waals surface area contributed by atoms with Crippen LogP contribution in [0.25, 0.3) is 0 Å². The number of hydrogen-bond acceptors (Lipinski definition) is 4. The minimum absolute atomic E-state index is 0.204. The van der Waals surface area contributed by atoms with Crippen molar-refractivity contribution in [3.05, 3.63) is 58.1 Å². The van der Waals surface area contributed by atoms with Gasteiger partial charge in [-0.1, -0.05) is 29.8 Å². The summed E-state index contributed by atoms with van der Waals surface area (Å²) in [7, 11) is 0. The van der Waals surface area contributed by atoms with Gasteiger partial charge in [-0.2, -0.15) is 0 Å². The molecular formula is C20H23BrN2O4. The Morgan fingerprint density at radius 3 is 2.37 bits per heavy atom. The maximum Gasteiger partial charge on any atom is 0.276 e. The van der Waals surface area contributed by atoms with Gasteiger partial charge in [0.2, 0.25) is 0 Å². The Morgan fingerprint density at radius 1 is 1.04 bits per heavy atom. The quantitative estimate of drug-likeness (QED) is 0.652. The number of aryl methyl sites for hydroxylation is 1. The minimum atomic E-state index is -0.456. The highest BCUT2D eigenvalue weighted by atomic mass is 79.9. The molecule has 2 amide bonds. The van der Waals surface area contributed by atoms with Gasteiger partial charge in [-0.15, -0.1) is 0 Å². The van der Waals surface area contributed by atoms with E-state index in [0.29, 0.717) is 29.6 Å². The van der Waals surface area contributed by atoms with Gasteiger partial charge in [0, 0.05) is 10.0 Å². The number of benzene rings is 2. The number of rotatable bonds is 7. The maximum atomic E-state index is 12.1. The summed E-state index contributed by atoms with van der Waals surface area (Å²) >= 11 is 3.37. The molecule has 0 aliphatic carbocycles. The van der Waals surface area contributed by atoms with E-state index in [9.17, 15) is 9.59 Å². The lowest BCUT2D eigenvalue weighted by Crippen LogP contribution is -2.43. The zero-order valence-electron chi connectivity index (χ0n) is 15.5. The summed E-state index contributed by atoms with van der Waals surface area (Å²) in [6.45, 7) is 6.41. The van der Waals surface area contributed by atoms with E-state index >= 15 is 0 Å². The third kappa shape index (κ3) is 6.94. The van der Waals surface area contributed by atoms with Crippen molar-refractivity contribution in [1.82, 2.24) is 10.9 Å². The smallest absolute Gasteiger partial charge is 0.276 e. The number of halogens is 1. The zero-order valence-corrected chi connectivity index (χ0v) is 17.1. The lowest BCUT2D eigenvalue weighted by atomic mass is 10.2. The third-order valence-corrected chi connectivity index (χ3v) is 4.00. The van der Waals surface area contributed by atoms with E-state index in [-0.39, 0.29) is 6.61 Å². The topological polar surface area (TPSA) is 76.7 Å². The van der Waals surface area contributed by atoms with E-state index in [1.165, 1.54) is 0 Å². The van der Waals surface area contributed by atoms with Crippen molar-refractivity contribution in [1.29, 1.82) is 0 Å². The fourth-order valence-electron chi connectivity index (χ4n) is 2.12. The molecule has 0 unspecified atom stereocenters. The van der Waals surface area contributed by atoms with Crippen LogP contribution in [0.2, 0.25) is 0 Å². The molecule has 0 radical (unpaired) electrons. The molecule has 7 heteroatoms. The van der Waals surface area contributed by atoms with E-state index < -0.39 is 11.8 Å². The second kappa shape index (κ2) is 9.97. The second-order valence-electron chi connectivity index (χ2n) is 6.43. The average molecular weight is 435 g/mol.